The van der Waals surface area contributed by atoms with Gasteiger partial charge in [0.25, 0.3) is 5.91 Å². The Labute approximate surface area is 189 Å². The summed E-state index contributed by atoms with van der Waals surface area (Å²) in [7, 11) is 0. The Hall–Kier alpha value is -2.96. The van der Waals surface area contributed by atoms with E-state index in [0.29, 0.717) is 12.2 Å². The summed E-state index contributed by atoms with van der Waals surface area (Å²) in [5, 5.41) is 9.08. The van der Waals surface area contributed by atoms with Crippen molar-refractivity contribution in [2.24, 2.45) is 0 Å². The second kappa shape index (κ2) is 9.67. The van der Waals surface area contributed by atoms with Crippen molar-refractivity contribution in [1.29, 1.82) is 0 Å². The second-order valence-corrected chi connectivity index (χ2v) is 8.74. The van der Waals surface area contributed by atoms with Crippen molar-refractivity contribution < 1.29 is 19.4 Å². The number of piperazine rings is 1. The Balaban J connectivity index is 1.44. The van der Waals surface area contributed by atoms with E-state index in [9.17, 15) is 9.59 Å². The summed E-state index contributed by atoms with van der Waals surface area (Å²) in [6.07, 6.45) is 2.97. The molecule has 2 heterocycles. The Morgan fingerprint density at radius 2 is 1.75 bits per heavy atom. The minimum Gasteiger partial charge on any atom is -0.478 e. The number of aromatic carboxylic acids is 1. The minimum absolute atomic E-state index is 0.0740. The van der Waals surface area contributed by atoms with Crippen molar-refractivity contribution >= 4 is 17.4 Å². The molecule has 2 aliphatic rings. The highest BCUT2D eigenvalue weighted by Gasteiger charge is 2.33. The smallest absolute Gasteiger partial charge is 0.335 e. The van der Waals surface area contributed by atoms with Crippen LogP contribution in [0.5, 0.6) is 0 Å². The van der Waals surface area contributed by atoms with Gasteiger partial charge in [-0.25, -0.2) is 4.79 Å². The number of rotatable bonds is 5. The monoisotopic (exact) mass is 434 g/mol. The van der Waals surface area contributed by atoms with Crippen LogP contribution in [0, 0.1) is 0 Å². The molecule has 1 N–H and O–H groups in total. The van der Waals surface area contributed by atoms with Crippen molar-refractivity contribution in [1.82, 2.24) is 9.80 Å². The molecule has 0 bridgehead atoms. The second-order valence-electron chi connectivity index (χ2n) is 8.74. The summed E-state index contributed by atoms with van der Waals surface area (Å²) in [6.45, 7) is 7.83. The molecule has 0 unspecified atom stereocenters. The van der Waals surface area contributed by atoms with E-state index in [4.69, 9.17) is 9.84 Å². The van der Waals surface area contributed by atoms with Gasteiger partial charge in [-0.2, -0.15) is 0 Å². The molecule has 0 spiro atoms. The van der Waals surface area contributed by atoms with Crippen LogP contribution in [0.25, 0.3) is 5.57 Å². The Morgan fingerprint density at radius 3 is 2.38 bits per heavy atom. The number of amides is 1. The molecular weight excluding hydrogens is 404 g/mol. The highest BCUT2D eigenvalue weighted by atomic mass is 16.5. The van der Waals surface area contributed by atoms with Crippen molar-refractivity contribution in [2.75, 3.05) is 26.3 Å². The van der Waals surface area contributed by atoms with Crippen LogP contribution < -0.4 is 0 Å². The van der Waals surface area contributed by atoms with Gasteiger partial charge in [-0.3, -0.25) is 9.69 Å². The van der Waals surface area contributed by atoms with Crippen molar-refractivity contribution in [3.63, 3.8) is 0 Å². The molecule has 1 fully saturated rings. The normalized spacial score (nSPS) is 21.8. The SMILES string of the molecule is C[C@@H]1CN(Cc2ccc(C(=O)O)cc2)C[C@H](C)N1C(=O)c1cccc(C2=CCOCC2)c1. The fourth-order valence-electron chi connectivity index (χ4n) is 4.76. The molecule has 6 heteroatoms. The van der Waals surface area contributed by atoms with Crippen molar-refractivity contribution in [3.8, 4) is 0 Å². The van der Waals surface area contributed by atoms with Crippen molar-refractivity contribution in [2.45, 2.75) is 38.9 Å². The molecule has 2 aromatic carbocycles. The van der Waals surface area contributed by atoms with E-state index < -0.39 is 5.97 Å². The Bertz CT molecular complexity index is 1000. The van der Waals surface area contributed by atoms with E-state index in [1.54, 1.807) is 12.1 Å². The summed E-state index contributed by atoms with van der Waals surface area (Å²) in [5.41, 5.74) is 4.44. The molecule has 0 radical (unpaired) electrons. The fraction of sp³-hybridized carbons (Fsp3) is 0.385. The number of ether oxygens (including phenoxy) is 1. The van der Waals surface area contributed by atoms with Gasteiger partial charge in [0.15, 0.2) is 0 Å². The molecular formula is C26H30N2O4. The lowest BCUT2D eigenvalue weighted by Gasteiger charge is -2.44. The zero-order valence-corrected chi connectivity index (χ0v) is 18.7. The number of benzene rings is 2. The summed E-state index contributed by atoms with van der Waals surface area (Å²) in [5.74, 6) is -0.840. The van der Waals surface area contributed by atoms with Crippen LogP contribution in [0.4, 0.5) is 0 Å². The maximum atomic E-state index is 13.4. The van der Waals surface area contributed by atoms with Gasteiger partial charge in [-0.15, -0.1) is 0 Å². The van der Waals surface area contributed by atoms with Crippen LogP contribution in [-0.4, -0.2) is 65.2 Å². The predicted molar refractivity (Wildman–Crippen MR) is 124 cm³/mol. The van der Waals surface area contributed by atoms with Gasteiger partial charge < -0.3 is 14.7 Å². The van der Waals surface area contributed by atoms with Crippen molar-refractivity contribution in [3.05, 3.63) is 76.9 Å². The molecule has 2 atom stereocenters. The molecule has 6 nitrogen and oxygen atoms in total. The first-order chi connectivity index (χ1) is 15.4. The number of nitrogens with zero attached hydrogens (tertiary/aromatic N) is 2. The fourth-order valence-corrected chi connectivity index (χ4v) is 4.76. The van der Waals surface area contributed by atoms with Gasteiger partial charge in [0, 0.05) is 37.3 Å². The molecule has 4 rings (SSSR count). The van der Waals surface area contributed by atoms with E-state index in [1.165, 1.54) is 5.57 Å². The van der Waals surface area contributed by atoms with E-state index in [1.807, 2.05) is 35.2 Å². The maximum Gasteiger partial charge on any atom is 0.335 e. The molecule has 2 aromatic rings. The quantitative estimate of drug-likeness (QED) is 0.772. The zero-order chi connectivity index (χ0) is 22.7. The third-order valence-electron chi connectivity index (χ3n) is 6.28. The highest BCUT2D eigenvalue weighted by Crippen LogP contribution is 2.25. The molecule has 0 aromatic heterocycles. The number of carboxylic acids is 1. The van der Waals surface area contributed by atoms with E-state index in [2.05, 4.69) is 30.9 Å². The first-order valence-electron chi connectivity index (χ1n) is 11.2. The summed E-state index contributed by atoms with van der Waals surface area (Å²) >= 11 is 0. The van der Waals surface area contributed by atoms with Gasteiger partial charge in [0.05, 0.1) is 18.8 Å². The number of carboxylic acid groups (broad SMARTS) is 1. The lowest BCUT2D eigenvalue weighted by atomic mass is 9.98. The largest absolute Gasteiger partial charge is 0.478 e. The molecule has 0 aliphatic carbocycles. The molecule has 168 valence electrons. The number of carbonyl (C=O) groups is 2. The predicted octanol–water partition coefficient (Wildman–Crippen LogP) is 3.92. The van der Waals surface area contributed by atoms with Crippen LogP contribution in [-0.2, 0) is 11.3 Å². The summed E-state index contributed by atoms with van der Waals surface area (Å²) < 4.78 is 5.41. The van der Waals surface area contributed by atoms with Crippen LogP contribution >= 0.6 is 0 Å². The lowest BCUT2D eigenvalue weighted by Crippen LogP contribution is -2.58. The standard InChI is InChI=1S/C26H30N2O4/c1-18-15-27(17-20-6-8-22(9-7-20)26(30)31)16-19(2)28(18)25(29)24-5-3-4-23(14-24)21-10-12-32-13-11-21/h3-10,14,18-19H,11-13,15-17H2,1-2H3,(H,30,31)/t18-,19+. The average molecular weight is 435 g/mol. The zero-order valence-electron chi connectivity index (χ0n) is 18.7. The van der Waals surface area contributed by atoms with Gasteiger partial charge in [-0.05, 0) is 61.2 Å². The van der Waals surface area contributed by atoms with Gasteiger partial charge in [-0.1, -0.05) is 30.3 Å². The van der Waals surface area contributed by atoms with E-state index >= 15 is 0 Å². The summed E-state index contributed by atoms with van der Waals surface area (Å²) in [4.78, 5) is 28.8. The Kier molecular flexibility index (Phi) is 6.72. The average Bonchev–Trinajstić information content (AvgIpc) is 2.79. The topological polar surface area (TPSA) is 70.1 Å². The highest BCUT2D eigenvalue weighted by molar-refractivity contribution is 5.95. The maximum absolute atomic E-state index is 13.4. The van der Waals surface area contributed by atoms with Crippen LogP contribution in [0.3, 0.4) is 0 Å². The van der Waals surface area contributed by atoms with Gasteiger partial charge >= 0.3 is 5.97 Å². The molecule has 1 amide bonds. The number of hydrogen-bond acceptors (Lipinski definition) is 4. The van der Waals surface area contributed by atoms with Gasteiger partial charge in [0.2, 0.25) is 0 Å². The van der Waals surface area contributed by atoms with Crippen LogP contribution in [0.15, 0.2) is 54.6 Å². The van der Waals surface area contributed by atoms with E-state index in [0.717, 1.165) is 49.4 Å². The molecule has 1 saturated heterocycles. The van der Waals surface area contributed by atoms with Crippen LogP contribution in [0.1, 0.15) is 52.1 Å². The molecule has 2 aliphatic heterocycles. The van der Waals surface area contributed by atoms with E-state index in [-0.39, 0.29) is 18.0 Å². The third kappa shape index (κ3) is 4.92. The lowest BCUT2D eigenvalue weighted by molar-refractivity contribution is 0.0268. The molecule has 32 heavy (non-hydrogen) atoms. The Morgan fingerprint density at radius 1 is 1.03 bits per heavy atom. The number of carbonyl (C=O) groups excluding carboxylic acids is 1. The first-order valence-corrected chi connectivity index (χ1v) is 11.2. The van der Waals surface area contributed by atoms with Crippen LogP contribution in [0.2, 0.25) is 0 Å². The summed E-state index contributed by atoms with van der Waals surface area (Å²) in [6, 6.07) is 15.1. The third-order valence-corrected chi connectivity index (χ3v) is 6.28. The minimum atomic E-state index is -0.914. The van der Waals surface area contributed by atoms with Gasteiger partial charge in [0.1, 0.15) is 0 Å². The molecule has 0 saturated carbocycles. The number of hydrogen-bond donors (Lipinski definition) is 1. The first kappa shape index (κ1) is 22.2.